The molecule has 0 saturated carbocycles. The van der Waals surface area contributed by atoms with Crippen molar-refractivity contribution in [3.63, 3.8) is 0 Å². The Balaban J connectivity index is 2.00. The van der Waals surface area contributed by atoms with E-state index in [1.165, 1.54) is 0 Å². The van der Waals surface area contributed by atoms with Crippen molar-refractivity contribution in [1.82, 2.24) is 10.2 Å². The van der Waals surface area contributed by atoms with Crippen molar-refractivity contribution < 1.29 is 4.79 Å². The smallest absolute Gasteiger partial charge is 0.256 e. The molecule has 0 saturated heterocycles. The van der Waals surface area contributed by atoms with Crippen LogP contribution < -0.4 is 10.6 Å². The molecule has 0 unspecified atom stereocenters. The lowest BCUT2D eigenvalue weighted by molar-refractivity contribution is 0.102. The highest BCUT2D eigenvalue weighted by molar-refractivity contribution is 9.10. The number of hydrogen-bond acceptors (Lipinski definition) is 4. The van der Waals surface area contributed by atoms with Gasteiger partial charge in [0.1, 0.15) is 5.82 Å². The topological polar surface area (TPSA) is 66.9 Å². The molecule has 2 N–H and O–H groups in total. The summed E-state index contributed by atoms with van der Waals surface area (Å²) in [5.41, 5.74) is 0.559. The minimum atomic E-state index is -0.224. The van der Waals surface area contributed by atoms with Crippen LogP contribution in [0.5, 0.6) is 0 Å². The molecule has 5 nitrogen and oxygen atoms in total. The molecule has 1 heterocycles. The first kappa shape index (κ1) is 14.2. The highest BCUT2D eigenvalue weighted by atomic mass is 79.9. The van der Waals surface area contributed by atoms with E-state index >= 15 is 0 Å². The summed E-state index contributed by atoms with van der Waals surface area (Å²) in [6, 6.07) is 10.5. The third kappa shape index (κ3) is 3.89. The molecule has 0 atom stereocenters. The van der Waals surface area contributed by atoms with Crippen LogP contribution in [0.1, 0.15) is 10.4 Å². The molecule has 20 heavy (non-hydrogen) atoms. The number of amides is 1. The number of aromatic nitrogens is 2. The van der Waals surface area contributed by atoms with Crippen molar-refractivity contribution in [2.24, 2.45) is 0 Å². The van der Waals surface area contributed by atoms with Gasteiger partial charge >= 0.3 is 0 Å². The van der Waals surface area contributed by atoms with Crippen molar-refractivity contribution in [3.05, 3.63) is 59.1 Å². The molecule has 1 amide bonds. The highest BCUT2D eigenvalue weighted by Gasteiger charge is 2.06. The predicted molar refractivity (Wildman–Crippen MR) is 82.8 cm³/mol. The lowest BCUT2D eigenvalue weighted by Crippen LogP contribution is -2.13. The van der Waals surface area contributed by atoms with Gasteiger partial charge in [-0.15, -0.1) is 16.8 Å². The van der Waals surface area contributed by atoms with Gasteiger partial charge in [0.2, 0.25) is 0 Å². The number of rotatable bonds is 5. The van der Waals surface area contributed by atoms with E-state index in [1.807, 2.05) is 12.1 Å². The Kier molecular flexibility index (Phi) is 4.84. The van der Waals surface area contributed by atoms with Gasteiger partial charge < -0.3 is 10.6 Å². The summed E-state index contributed by atoms with van der Waals surface area (Å²) in [6.45, 7) is 4.21. The van der Waals surface area contributed by atoms with Crippen molar-refractivity contribution in [2.75, 3.05) is 17.2 Å². The number of hydrogen-bond donors (Lipinski definition) is 2. The van der Waals surface area contributed by atoms with Gasteiger partial charge in [-0.1, -0.05) is 22.0 Å². The third-order valence-corrected chi connectivity index (χ3v) is 2.97. The SMILES string of the molecule is C=CCNc1ccc(NC(=O)c2ccc(Br)cc2)nn1. The van der Waals surface area contributed by atoms with Crippen LogP contribution in [0.25, 0.3) is 0 Å². The summed E-state index contributed by atoms with van der Waals surface area (Å²) in [5.74, 6) is 0.812. The van der Waals surface area contributed by atoms with E-state index in [2.05, 4.69) is 43.3 Å². The Labute approximate surface area is 125 Å². The number of nitrogens with zero attached hydrogens (tertiary/aromatic N) is 2. The quantitative estimate of drug-likeness (QED) is 0.825. The average molecular weight is 333 g/mol. The molecule has 6 heteroatoms. The molecule has 0 spiro atoms. The molecule has 2 aromatic rings. The van der Waals surface area contributed by atoms with Gasteiger partial charge in [0.05, 0.1) is 0 Å². The maximum absolute atomic E-state index is 12.0. The summed E-state index contributed by atoms with van der Waals surface area (Å²) in [5, 5.41) is 13.6. The molecular formula is C14H13BrN4O. The number of benzene rings is 1. The first-order valence-corrected chi connectivity index (χ1v) is 6.74. The van der Waals surface area contributed by atoms with Crippen LogP contribution in [-0.4, -0.2) is 22.6 Å². The van der Waals surface area contributed by atoms with Gasteiger partial charge in [-0.2, -0.15) is 0 Å². The predicted octanol–water partition coefficient (Wildman–Crippen LogP) is 3.09. The minimum Gasteiger partial charge on any atom is -0.365 e. The van der Waals surface area contributed by atoms with E-state index in [1.54, 1.807) is 30.3 Å². The maximum atomic E-state index is 12.0. The van der Waals surface area contributed by atoms with Crippen LogP contribution in [0.2, 0.25) is 0 Å². The van der Waals surface area contributed by atoms with E-state index < -0.39 is 0 Å². The van der Waals surface area contributed by atoms with E-state index in [0.717, 1.165) is 4.47 Å². The summed E-state index contributed by atoms with van der Waals surface area (Å²) < 4.78 is 0.923. The van der Waals surface area contributed by atoms with Crippen molar-refractivity contribution in [3.8, 4) is 0 Å². The Morgan fingerprint density at radius 2 is 1.80 bits per heavy atom. The van der Waals surface area contributed by atoms with Crippen molar-refractivity contribution in [1.29, 1.82) is 0 Å². The van der Waals surface area contributed by atoms with E-state index in [9.17, 15) is 4.79 Å². The van der Waals surface area contributed by atoms with Gasteiger partial charge in [-0.25, -0.2) is 0 Å². The van der Waals surface area contributed by atoms with Crippen LogP contribution in [0, 0.1) is 0 Å². The average Bonchev–Trinajstić information content (AvgIpc) is 2.47. The molecule has 1 aromatic heterocycles. The molecule has 102 valence electrons. The number of nitrogens with one attached hydrogen (secondary N) is 2. The first-order valence-electron chi connectivity index (χ1n) is 5.94. The second-order valence-corrected chi connectivity index (χ2v) is 4.85. The normalized spacial score (nSPS) is 9.85. The number of carbonyl (C=O) groups is 1. The Morgan fingerprint density at radius 3 is 2.40 bits per heavy atom. The standard InChI is InChI=1S/C14H13BrN4O/c1-2-9-16-12-7-8-13(19-18-12)17-14(20)10-3-5-11(15)6-4-10/h2-8H,1,9H2,(H,16,18)(H,17,19,20). The molecule has 0 fully saturated rings. The second kappa shape index (κ2) is 6.81. The Morgan fingerprint density at radius 1 is 1.15 bits per heavy atom. The van der Waals surface area contributed by atoms with Gasteiger partial charge in [-0.05, 0) is 36.4 Å². The number of carbonyl (C=O) groups excluding carboxylic acids is 1. The molecule has 1 aromatic carbocycles. The summed E-state index contributed by atoms with van der Waals surface area (Å²) in [7, 11) is 0. The van der Waals surface area contributed by atoms with Gasteiger partial charge in [0, 0.05) is 16.6 Å². The second-order valence-electron chi connectivity index (χ2n) is 3.93. The fourth-order valence-electron chi connectivity index (χ4n) is 1.46. The monoisotopic (exact) mass is 332 g/mol. The summed E-state index contributed by atoms with van der Waals surface area (Å²) in [4.78, 5) is 12.0. The van der Waals surface area contributed by atoms with Gasteiger partial charge in [-0.3, -0.25) is 4.79 Å². The number of halogens is 1. The van der Waals surface area contributed by atoms with Gasteiger partial charge in [0.25, 0.3) is 5.91 Å². The van der Waals surface area contributed by atoms with Crippen LogP contribution in [0.3, 0.4) is 0 Å². The summed E-state index contributed by atoms with van der Waals surface area (Å²) >= 11 is 3.32. The van der Waals surface area contributed by atoms with E-state index in [0.29, 0.717) is 23.7 Å². The maximum Gasteiger partial charge on any atom is 0.256 e. The first-order chi connectivity index (χ1) is 9.69. The molecular weight excluding hydrogens is 320 g/mol. The highest BCUT2D eigenvalue weighted by Crippen LogP contribution is 2.12. The third-order valence-electron chi connectivity index (χ3n) is 2.44. The van der Waals surface area contributed by atoms with E-state index in [-0.39, 0.29) is 5.91 Å². The molecule has 0 aliphatic carbocycles. The Bertz CT molecular complexity index is 596. The van der Waals surface area contributed by atoms with Crippen LogP contribution in [0.15, 0.2) is 53.5 Å². The zero-order valence-corrected chi connectivity index (χ0v) is 12.2. The lowest BCUT2D eigenvalue weighted by Gasteiger charge is -2.05. The Hall–Kier alpha value is -2.21. The number of anilines is 2. The molecule has 0 radical (unpaired) electrons. The lowest BCUT2D eigenvalue weighted by atomic mass is 10.2. The van der Waals surface area contributed by atoms with Crippen LogP contribution in [-0.2, 0) is 0 Å². The summed E-state index contributed by atoms with van der Waals surface area (Å²) in [6.07, 6.45) is 1.73. The van der Waals surface area contributed by atoms with Crippen molar-refractivity contribution >= 4 is 33.5 Å². The zero-order chi connectivity index (χ0) is 14.4. The van der Waals surface area contributed by atoms with Crippen LogP contribution in [0.4, 0.5) is 11.6 Å². The molecule has 2 rings (SSSR count). The minimum absolute atomic E-state index is 0.224. The fraction of sp³-hybridized carbons (Fsp3) is 0.0714. The fourth-order valence-corrected chi connectivity index (χ4v) is 1.72. The molecule has 0 aliphatic rings. The van der Waals surface area contributed by atoms with Crippen LogP contribution >= 0.6 is 15.9 Å². The largest absolute Gasteiger partial charge is 0.365 e. The zero-order valence-electron chi connectivity index (χ0n) is 10.6. The molecule has 0 aliphatic heterocycles. The van der Waals surface area contributed by atoms with E-state index in [4.69, 9.17) is 0 Å². The van der Waals surface area contributed by atoms with Gasteiger partial charge in [0.15, 0.2) is 5.82 Å². The van der Waals surface area contributed by atoms with Crippen molar-refractivity contribution in [2.45, 2.75) is 0 Å². The molecule has 0 bridgehead atoms.